The third kappa shape index (κ3) is 1.86. The van der Waals surface area contributed by atoms with Crippen LogP contribution in [0.1, 0.15) is 49.7 Å². The van der Waals surface area contributed by atoms with E-state index < -0.39 is 0 Å². The highest BCUT2D eigenvalue weighted by molar-refractivity contribution is 5.98. The number of hydrogen-bond donors (Lipinski definition) is 0. The molecule has 0 aliphatic carbocycles. The maximum absolute atomic E-state index is 11.8. The fourth-order valence-electron chi connectivity index (χ4n) is 1.63. The molecule has 0 spiro atoms. The molecule has 0 N–H and O–H groups in total. The summed E-state index contributed by atoms with van der Waals surface area (Å²) in [7, 11) is 1.88. The van der Waals surface area contributed by atoms with Gasteiger partial charge in [-0.2, -0.15) is 5.10 Å². The minimum atomic E-state index is 0.0386. The maximum Gasteiger partial charge on any atom is 0.168 e. The highest BCUT2D eigenvalue weighted by Gasteiger charge is 2.20. The third-order valence-electron chi connectivity index (χ3n) is 2.32. The highest BCUT2D eigenvalue weighted by atomic mass is 16.1. The Hall–Kier alpha value is -1.12. The van der Waals surface area contributed by atoms with Crippen molar-refractivity contribution in [3.05, 3.63) is 17.5 Å². The third-order valence-corrected chi connectivity index (χ3v) is 2.32. The number of aryl methyl sites for hydroxylation is 1. The zero-order valence-corrected chi connectivity index (χ0v) is 9.53. The van der Waals surface area contributed by atoms with Crippen LogP contribution in [0.2, 0.25) is 0 Å². The van der Waals surface area contributed by atoms with E-state index in [1.54, 1.807) is 10.9 Å². The second-order valence-corrected chi connectivity index (χ2v) is 4.24. The van der Waals surface area contributed by atoms with Gasteiger partial charge in [0.2, 0.25) is 0 Å². The first-order valence-electron chi connectivity index (χ1n) is 5.01. The normalized spacial score (nSPS) is 11.4. The van der Waals surface area contributed by atoms with Crippen LogP contribution in [-0.2, 0) is 7.05 Å². The summed E-state index contributed by atoms with van der Waals surface area (Å²) in [5.74, 6) is 0.554. The molecule has 1 rings (SSSR count). The van der Waals surface area contributed by atoms with Gasteiger partial charge in [-0.1, -0.05) is 27.7 Å². The van der Waals surface area contributed by atoms with Crippen molar-refractivity contribution in [2.45, 2.75) is 33.6 Å². The molecule has 0 aliphatic rings. The molecule has 14 heavy (non-hydrogen) atoms. The number of rotatable bonds is 3. The Labute approximate surface area is 85.1 Å². The molecule has 0 atom stereocenters. The van der Waals surface area contributed by atoms with E-state index in [0.29, 0.717) is 5.92 Å². The molecule has 0 aromatic carbocycles. The Morgan fingerprint density at radius 1 is 1.36 bits per heavy atom. The Kier molecular flexibility index (Phi) is 3.09. The SMILES string of the molecule is CC(C)C(=O)c1cnn(C)c1C(C)C. The predicted octanol–water partition coefficient (Wildman–Crippen LogP) is 2.38. The van der Waals surface area contributed by atoms with Crippen LogP contribution in [-0.4, -0.2) is 15.6 Å². The summed E-state index contributed by atoms with van der Waals surface area (Å²) in [5, 5.41) is 4.14. The van der Waals surface area contributed by atoms with Gasteiger partial charge in [-0.15, -0.1) is 0 Å². The standard InChI is InChI=1S/C11H18N2O/c1-7(2)10-9(6-12-13(10)5)11(14)8(3)4/h6-8H,1-5H3. The zero-order chi connectivity index (χ0) is 10.9. The van der Waals surface area contributed by atoms with E-state index in [1.165, 1.54) is 0 Å². The van der Waals surface area contributed by atoms with E-state index in [4.69, 9.17) is 0 Å². The van der Waals surface area contributed by atoms with Gasteiger partial charge in [0.15, 0.2) is 5.78 Å². The Morgan fingerprint density at radius 2 is 1.93 bits per heavy atom. The summed E-state index contributed by atoms with van der Waals surface area (Å²) in [4.78, 5) is 11.8. The average molecular weight is 194 g/mol. The second kappa shape index (κ2) is 3.95. The quantitative estimate of drug-likeness (QED) is 0.692. The first-order chi connectivity index (χ1) is 6.45. The number of ketones is 1. The molecule has 1 aromatic heterocycles. The number of Topliss-reactive ketones (excluding diaryl/α,β-unsaturated/α-hetero) is 1. The van der Waals surface area contributed by atoms with Crippen LogP contribution in [0.5, 0.6) is 0 Å². The summed E-state index contributed by atoms with van der Waals surface area (Å²) in [5.41, 5.74) is 1.81. The van der Waals surface area contributed by atoms with Gasteiger partial charge < -0.3 is 0 Å². The number of hydrogen-bond acceptors (Lipinski definition) is 2. The van der Waals surface area contributed by atoms with E-state index in [-0.39, 0.29) is 11.7 Å². The van der Waals surface area contributed by atoms with Crippen LogP contribution in [0.25, 0.3) is 0 Å². The first kappa shape index (κ1) is 11.0. The van der Waals surface area contributed by atoms with E-state index in [2.05, 4.69) is 18.9 Å². The van der Waals surface area contributed by atoms with Crippen LogP contribution in [0.15, 0.2) is 6.20 Å². The summed E-state index contributed by atoms with van der Waals surface area (Å²) in [6.45, 7) is 7.99. The Bertz CT molecular complexity index is 337. The van der Waals surface area contributed by atoms with Gasteiger partial charge in [0, 0.05) is 13.0 Å². The molecule has 3 heteroatoms. The first-order valence-corrected chi connectivity index (χ1v) is 5.01. The van der Waals surface area contributed by atoms with Gasteiger partial charge in [-0.05, 0) is 5.92 Å². The highest BCUT2D eigenvalue weighted by Crippen LogP contribution is 2.20. The molecular formula is C11H18N2O. The van der Waals surface area contributed by atoms with Gasteiger partial charge in [0.05, 0.1) is 17.5 Å². The van der Waals surface area contributed by atoms with Gasteiger partial charge in [-0.3, -0.25) is 9.48 Å². The fourth-order valence-corrected chi connectivity index (χ4v) is 1.63. The van der Waals surface area contributed by atoms with Crippen molar-refractivity contribution >= 4 is 5.78 Å². The van der Waals surface area contributed by atoms with E-state index in [1.807, 2.05) is 20.9 Å². The maximum atomic E-state index is 11.8. The zero-order valence-electron chi connectivity index (χ0n) is 9.53. The molecule has 78 valence electrons. The van der Waals surface area contributed by atoms with Crippen molar-refractivity contribution in [3.63, 3.8) is 0 Å². The molecule has 0 bridgehead atoms. The predicted molar refractivity (Wildman–Crippen MR) is 56.5 cm³/mol. The summed E-state index contributed by atoms with van der Waals surface area (Å²) in [6, 6.07) is 0. The molecule has 0 saturated carbocycles. The average Bonchev–Trinajstić information content (AvgIpc) is 2.45. The van der Waals surface area contributed by atoms with Crippen LogP contribution in [0.4, 0.5) is 0 Å². The number of carbonyl (C=O) groups excluding carboxylic acids is 1. The molecule has 0 unspecified atom stereocenters. The lowest BCUT2D eigenvalue weighted by atomic mass is 9.97. The van der Waals surface area contributed by atoms with Gasteiger partial charge >= 0.3 is 0 Å². The fraction of sp³-hybridized carbons (Fsp3) is 0.636. The number of aromatic nitrogens is 2. The van der Waals surface area contributed by atoms with Crippen molar-refractivity contribution in [1.82, 2.24) is 9.78 Å². The minimum absolute atomic E-state index is 0.0386. The molecular weight excluding hydrogens is 176 g/mol. The summed E-state index contributed by atoms with van der Waals surface area (Å²) < 4.78 is 1.79. The van der Waals surface area contributed by atoms with Crippen LogP contribution in [0, 0.1) is 5.92 Å². The van der Waals surface area contributed by atoms with Crippen molar-refractivity contribution in [1.29, 1.82) is 0 Å². The molecule has 0 amide bonds. The van der Waals surface area contributed by atoms with E-state index >= 15 is 0 Å². The molecule has 0 aliphatic heterocycles. The molecule has 0 radical (unpaired) electrons. The number of carbonyl (C=O) groups is 1. The number of nitrogens with zero attached hydrogens (tertiary/aromatic N) is 2. The molecule has 1 aromatic rings. The van der Waals surface area contributed by atoms with Crippen molar-refractivity contribution in [3.8, 4) is 0 Å². The summed E-state index contributed by atoms with van der Waals surface area (Å²) in [6.07, 6.45) is 1.68. The monoisotopic (exact) mass is 194 g/mol. The topological polar surface area (TPSA) is 34.9 Å². The second-order valence-electron chi connectivity index (χ2n) is 4.24. The van der Waals surface area contributed by atoms with Crippen LogP contribution in [0.3, 0.4) is 0 Å². The summed E-state index contributed by atoms with van der Waals surface area (Å²) >= 11 is 0. The Balaban J connectivity index is 3.15. The minimum Gasteiger partial charge on any atom is -0.294 e. The van der Waals surface area contributed by atoms with E-state index in [9.17, 15) is 4.79 Å². The lowest BCUT2D eigenvalue weighted by molar-refractivity contribution is 0.0938. The van der Waals surface area contributed by atoms with Gasteiger partial charge in [0.1, 0.15) is 0 Å². The Morgan fingerprint density at radius 3 is 2.36 bits per heavy atom. The van der Waals surface area contributed by atoms with E-state index in [0.717, 1.165) is 11.3 Å². The lowest BCUT2D eigenvalue weighted by Crippen LogP contribution is -2.11. The van der Waals surface area contributed by atoms with Gasteiger partial charge in [-0.25, -0.2) is 0 Å². The van der Waals surface area contributed by atoms with Crippen molar-refractivity contribution < 1.29 is 4.79 Å². The van der Waals surface area contributed by atoms with Crippen LogP contribution >= 0.6 is 0 Å². The largest absolute Gasteiger partial charge is 0.294 e. The molecule has 0 saturated heterocycles. The molecule has 0 fully saturated rings. The van der Waals surface area contributed by atoms with Crippen molar-refractivity contribution in [2.24, 2.45) is 13.0 Å². The van der Waals surface area contributed by atoms with Crippen LogP contribution < -0.4 is 0 Å². The lowest BCUT2D eigenvalue weighted by Gasteiger charge is -2.10. The molecule has 1 heterocycles. The molecule has 3 nitrogen and oxygen atoms in total. The van der Waals surface area contributed by atoms with Gasteiger partial charge in [0.25, 0.3) is 0 Å². The smallest absolute Gasteiger partial charge is 0.168 e. The van der Waals surface area contributed by atoms with Crippen molar-refractivity contribution in [2.75, 3.05) is 0 Å².